The highest BCUT2D eigenvalue weighted by Crippen LogP contribution is 2.30. The Hall–Kier alpha value is -1.62. The first kappa shape index (κ1) is 12.4. The van der Waals surface area contributed by atoms with Crippen LogP contribution < -0.4 is 10.1 Å². The van der Waals surface area contributed by atoms with E-state index in [1.165, 1.54) is 13.2 Å². The van der Waals surface area contributed by atoms with E-state index in [2.05, 4.69) is 5.32 Å². The Kier molecular flexibility index (Phi) is 3.84. The Morgan fingerprint density at radius 1 is 1.56 bits per heavy atom. The molecule has 1 fully saturated rings. The average Bonchev–Trinajstić information content (AvgIpc) is 2.64. The van der Waals surface area contributed by atoms with Crippen LogP contribution >= 0.6 is 12.4 Å². The van der Waals surface area contributed by atoms with Crippen molar-refractivity contribution < 1.29 is 19.4 Å². The Labute approximate surface area is 98.8 Å². The van der Waals surface area contributed by atoms with Gasteiger partial charge in [0.25, 0.3) is 0 Å². The maximum atomic E-state index is 10.8. The molecule has 1 aliphatic heterocycles. The number of nitrogens with one attached hydrogen (secondary N) is 1. The predicted molar refractivity (Wildman–Crippen MR) is 59.1 cm³/mol. The zero-order valence-corrected chi connectivity index (χ0v) is 9.41. The second-order valence-electron chi connectivity index (χ2n) is 3.22. The first-order valence-electron chi connectivity index (χ1n) is 4.51. The molecule has 16 heavy (non-hydrogen) atoms. The van der Waals surface area contributed by atoms with Crippen LogP contribution in [0.25, 0.3) is 0 Å². The third-order valence-electron chi connectivity index (χ3n) is 2.29. The molecule has 0 unspecified atom stereocenters. The van der Waals surface area contributed by atoms with Gasteiger partial charge in [-0.3, -0.25) is 0 Å². The molecular formula is C10H12ClNO4. The minimum Gasteiger partial charge on any atom is -0.507 e. The summed E-state index contributed by atoms with van der Waals surface area (Å²) in [5, 5.41) is 12.3. The second-order valence-corrected chi connectivity index (χ2v) is 3.22. The highest BCUT2D eigenvalue weighted by Gasteiger charge is 2.25. The van der Waals surface area contributed by atoms with Crippen LogP contribution in [0.4, 0.5) is 4.79 Å². The number of alkyl carbamates (subject to hydrolysis) is 1. The molecule has 0 spiro atoms. The number of cyclic esters (lactones) is 1. The van der Waals surface area contributed by atoms with Crippen LogP contribution in [0, 0.1) is 0 Å². The smallest absolute Gasteiger partial charge is 0.407 e. The summed E-state index contributed by atoms with van der Waals surface area (Å²) in [5.74, 6) is 0.659. The van der Waals surface area contributed by atoms with Gasteiger partial charge in [-0.15, -0.1) is 12.4 Å². The van der Waals surface area contributed by atoms with Crippen molar-refractivity contribution in [1.29, 1.82) is 0 Å². The average molecular weight is 246 g/mol. The van der Waals surface area contributed by atoms with Gasteiger partial charge in [0.05, 0.1) is 13.2 Å². The predicted octanol–water partition coefficient (Wildman–Crippen LogP) is 1.60. The van der Waals surface area contributed by atoms with Gasteiger partial charge in [0.1, 0.15) is 18.1 Å². The maximum Gasteiger partial charge on any atom is 0.407 e. The summed E-state index contributed by atoms with van der Waals surface area (Å²) in [6.07, 6.45) is -0.463. The number of carbonyl (C=O) groups excluding carboxylic acids is 1. The lowest BCUT2D eigenvalue weighted by Gasteiger charge is -2.10. The molecule has 0 aromatic heterocycles. The van der Waals surface area contributed by atoms with Crippen LogP contribution in [0.2, 0.25) is 0 Å². The highest BCUT2D eigenvalue weighted by atomic mass is 35.5. The third kappa shape index (κ3) is 2.30. The number of aromatic hydroxyl groups is 1. The summed E-state index contributed by atoms with van der Waals surface area (Å²) in [7, 11) is 1.52. The van der Waals surface area contributed by atoms with Gasteiger partial charge in [-0.2, -0.15) is 0 Å². The number of rotatable bonds is 2. The van der Waals surface area contributed by atoms with E-state index in [9.17, 15) is 9.90 Å². The quantitative estimate of drug-likeness (QED) is 0.831. The first-order chi connectivity index (χ1) is 7.20. The van der Waals surface area contributed by atoms with E-state index < -0.39 is 6.09 Å². The molecule has 1 aromatic carbocycles. The Bertz CT molecular complexity index is 396. The van der Waals surface area contributed by atoms with Gasteiger partial charge >= 0.3 is 6.09 Å². The number of methoxy groups -OCH3 is 1. The molecule has 1 aromatic rings. The molecule has 1 amide bonds. The first-order valence-corrected chi connectivity index (χ1v) is 4.51. The normalized spacial score (nSPS) is 18.3. The van der Waals surface area contributed by atoms with Crippen molar-refractivity contribution >= 4 is 18.5 Å². The molecule has 2 rings (SSSR count). The number of benzene rings is 1. The molecule has 2 N–H and O–H groups in total. The van der Waals surface area contributed by atoms with E-state index in [0.29, 0.717) is 11.3 Å². The fourth-order valence-electron chi connectivity index (χ4n) is 1.50. The van der Waals surface area contributed by atoms with E-state index in [0.717, 1.165) is 0 Å². The Morgan fingerprint density at radius 3 is 2.81 bits per heavy atom. The molecule has 1 atom stereocenters. The minimum absolute atomic E-state index is 0. The third-order valence-corrected chi connectivity index (χ3v) is 2.29. The number of hydrogen-bond acceptors (Lipinski definition) is 4. The SMILES string of the molecule is COc1ccc([C@H]2COC(=O)N2)c(O)c1.Cl. The van der Waals surface area contributed by atoms with Gasteiger partial charge in [0.2, 0.25) is 0 Å². The number of carbonyl (C=O) groups is 1. The number of hydrogen-bond donors (Lipinski definition) is 2. The molecule has 0 bridgehead atoms. The van der Waals surface area contributed by atoms with Crippen molar-refractivity contribution in [1.82, 2.24) is 5.32 Å². The van der Waals surface area contributed by atoms with Crippen molar-refractivity contribution in [2.24, 2.45) is 0 Å². The van der Waals surface area contributed by atoms with Gasteiger partial charge in [-0.1, -0.05) is 0 Å². The lowest BCUT2D eigenvalue weighted by atomic mass is 10.1. The Morgan fingerprint density at radius 2 is 2.31 bits per heavy atom. The van der Waals surface area contributed by atoms with Crippen LogP contribution in [-0.2, 0) is 4.74 Å². The highest BCUT2D eigenvalue weighted by molar-refractivity contribution is 5.85. The molecule has 5 nitrogen and oxygen atoms in total. The lowest BCUT2D eigenvalue weighted by Crippen LogP contribution is -2.18. The molecular weight excluding hydrogens is 234 g/mol. The van der Waals surface area contributed by atoms with Crippen LogP contribution in [0.5, 0.6) is 11.5 Å². The largest absolute Gasteiger partial charge is 0.507 e. The number of amides is 1. The van der Waals surface area contributed by atoms with Crippen molar-refractivity contribution in [3.63, 3.8) is 0 Å². The molecule has 0 radical (unpaired) electrons. The van der Waals surface area contributed by atoms with Crippen LogP contribution in [-0.4, -0.2) is 24.9 Å². The van der Waals surface area contributed by atoms with Gasteiger partial charge < -0.3 is 19.9 Å². The van der Waals surface area contributed by atoms with E-state index in [1.807, 2.05) is 0 Å². The summed E-state index contributed by atoms with van der Waals surface area (Å²) < 4.78 is 9.69. The lowest BCUT2D eigenvalue weighted by molar-refractivity contribution is 0.177. The molecule has 88 valence electrons. The summed E-state index contributed by atoms with van der Waals surface area (Å²) in [5.41, 5.74) is 0.627. The molecule has 0 saturated carbocycles. The number of halogens is 1. The van der Waals surface area contributed by atoms with E-state index in [1.54, 1.807) is 12.1 Å². The standard InChI is InChI=1S/C10H11NO4.ClH/c1-14-6-2-3-7(9(12)4-6)8-5-15-10(13)11-8;/h2-4,8,12H,5H2,1H3,(H,11,13);1H/t8-;/m1./s1. The van der Waals surface area contributed by atoms with Crippen LogP contribution in [0.15, 0.2) is 18.2 Å². The topological polar surface area (TPSA) is 67.8 Å². The fraction of sp³-hybridized carbons (Fsp3) is 0.300. The van der Waals surface area contributed by atoms with E-state index in [4.69, 9.17) is 9.47 Å². The molecule has 1 saturated heterocycles. The zero-order valence-electron chi connectivity index (χ0n) is 8.60. The second kappa shape index (κ2) is 4.94. The van der Waals surface area contributed by atoms with Crippen LogP contribution in [0.3, 0.4) is 0 Å². The fourth-order valence-corrected chi connectivity index (χ4v) is 1.50. The maximum absolute atomic E-state index is 10.8. The van der Waals surface area contributed by atoms with Gasteiger partial charge in [0.15, 0.2) is 0 Å². The molecule has 1 heterocycles. The van der Waals surface area contributed by atoms with Gasteiger partial charge in [-0.05, 0) is 12.1 Å². The molecule has 1 aliphatic rings. The van der Waals surface area contributed by atoms with Gasteiger partial charge in [-0.25, -0.2) is 4.79 Å². The number of phenols is 1. The summed E-state index contributed by atoms with van der Waals surface area (Å²) in [6.45, 7) is 0.235. The monoisotopic (exact) mass is 245 g/mol. The molecule has 0 aliphatic carbocycles. The van der Waals surface area contributed by atoms with Gasteiger partial charge in [0, 0.05) is 11.6 Å². The summed E-state index contributed by atoms with van der Waals surface area (Å²) >= 11 is 0. The summed E-state index contributed by atoms with van der Waals surface area (Å²) in [4.78, 5) is 10.8. The molecule has 6 heteroatoms. The van der Waals surface area contributed by atoms with Crippen molar-refractivity contribution in [3.05, 3.63) is 23.8 Å². The number of phenolic OH excluding ortho intramolecular Hbond substituents is 1. The van der Waals surface area contributed by atoms with E-state index >= 15 is 0 Å². The van der Waals surface area contributed by atoms with E-state index in [-0.39, 0.29) is 30.8 Å². The minimum atomic E-state index is -0.463. The number of ether oxygens (including phenoxy) is 2. The summed E-state index contributed by atoms with van der Waals surface area (Å²) in [6, 6.07) is 4.64. The van der Waals surface area contributed by atoms with Crippen molar-refractivity contribution in [2.45, 2.75) is 6.04 Å². The van der Waals surface area contributed by atoms with Crippen molar-refractivity contribution in [3.8, 4) is 11.5 Å². The zero-order chi connectivity index (χ0) is 10.8. The van der Waals surface area contributed by atoms with Crippen LogP contribution in [0.1, 0.15) is 11.6 Å². The van der Waals surface area contributed by atoms with Crippen molar-refractivity contribution in [2.75, 3.05) is 13.7 Å². The Balaban J connectivity index is 0.00000128.